The Morgan fingerprint density at radius 2 is 2.29 bits per heavy atom. The third-order valence-corrected chi connectivity index (χ3v) is 2.95. The van der Waals surface area contributed by atoms with Gasteiger partial charge in [0.25, 0.3) is 5.91 Å². The number of halogens is 1. The third-order valence-electron chi connectivity index (χ3n) is 2.95. The normalized spacial score (nSPS) is 16.1. The summed E-state index contributed by atoms with van der Waals surface area (Å²) >= 11 is 0. The van der Waals surface area contributed by atoms with Crippen LogP contribution in [-0.2, 0) is 0 Å². The van der Waals surface area contributed by atoms with Crippen molar-refractivity contribution in [1.29, 1.82) is 5.26 Å². The van der Waals surface area contributed by atoms with E-state index in [1.807, 2.05) is 0 Å². The highest BCUT2D eigenvalue weighted by atomic mass is 19.1. The number of hydrogen-bond donors (Lipinski definition) is 1. The van der Waals surface area contributed by atoms with Crippen molar-refractivity contribution in [3.05, 3.63) is 35.1 Å². The van der Waals surface area contributed by atoms with Crippen LogP contribution < -0.4 is 5.32 Å². The average Bonchev–Trinajstić information content (AvgIpc) is 3.09. The molecule has 1 amide bonds. The Kier molecular flexibility index (Phi) is 3.10. The standard InChI is InChI=1S/C13H13FN2O/c1-8-6-10(14)4-5-11(8)13(17)16-12(7-15)9-2-3-9/h4-6,9,12H,2-3H2,1H3,(H,16,17). The van der Waals surface area contributed by atoms with Crippen LogP contribution in [0.3, 0.4) is 0 Å². The maximum absolute atomic E-state index is 12.9. The van der Waals surface area contributed by atoms with Gasteiger partial charge in [-0.15, -0.1) is 0 Å². The number of amides is 1. The molecule has 1 aromatic carbocycles. The molecule has 0 radical (unpaired) electrons. The number of carbonyl (C=O) groups is 1. The maximum atomic E-state index is 12.9. The fourth-order valence-electron chi connectivity index (χ4n) is 1.79. The van der Waals surface area contributed by atoms with E-state index >= 15 is 0 Å². The number of benzene rings is 1. The minimum Gasteiger partial charge on any atom is -0.336 e. The van der Waals surface area contributed by atoms with Gasteiger partial charge in [0.2, 0.25) is 0 Å². The molecule has 1 fully saturated rings. The van der Waals surface area contributed by atoms with Crippen molar-refractivity contribution in [1.82, 2.24) is 5.32 Å². The van der Waals surface area contributed by atoms with Crippen molar-refractivity contribution >= 4 is 5.91 Å². The summed E-state index contributed by atoms with van der Waals surface area (Å²) in [7, 11) is 0. The highest BCUT2D eigenvalue weighted by Gasteiger charge is 2.32. The molecule has 1 aromatic rings. The van der Waals surface area contributed by atoms with Gasteiger partial charge in [0, 0.05) is 5.56 Å². The van der Waals surface area contributed by atoms with Crippen molar-refractivity contribution in [3.8, 4) is 6.07 Å². The second-order valence-electron chi connectivity index (χ2n) is 4.38. The molecule has 1 unspecified atom stereocenters. The highest BCUT2D eigenvalue weighted by Crippen LogP contribution is 2.32. The molecule has 1 atom stereocenters. The quantitative estimate of drug-likeness (QED) is 0.868. The molecule has 4 heteroatoms. The van der Waals surface area contributed by atoms with E-state index in [0.717, 1.165) is 12.8 Å². The molecule has 0 aromatic heterocycles. The van der Waals surface area contributed by atoms with Crippen LogP contribution in [0.15, 0.2) is 18.2 Å². The van der Waals surface area contributed by atoms with Gasteiger partial charge >= 0.3 is 0 Å². The van der Waals surface area contributed by atoms with E-state index in [-0.39, 0.29) is 17.6 Å². The largest absolute Gasteiger partial charge is 0.336 e. The van der Waals surface area contributed by atoms with E-state index < -0.39 is 6.04 Å². The Morgan fingerprint density at radius 3 is 2.82 bits per heavy atom. The second-order valence-corrected chi connectivity index (χ2v) is 4.38. The molecule has 88 valence electrons. The number of hydrogen-bond acceptors (Lipinski definition) is 2. The summed E-state index contributed by atoms with van der Waals surface area (Å²) in [6.45, 7) is 1.68. The molecule has 0 bridgehead atoms. The third kappa shape index (κ3) is 2.62. The topological polar surface area (TPSA) is 52.9 Å². The number of nitrogens with one attached hydrogen (secondary N) is 1. The molecule has 2 rings (SSSR count). The summed E-state index contributed by atoms with van der Waals surface area (Å²) in [5.74, 6) is -0.385. The van der Waals surface area contributed by atoms with Gasteiger partial charge in [-0.3, -0.25) is 4.79 Å². The Balaban J connectivity index is 2.11. The molecule has 1 N–H and O–H groups in total. The Morgan fingerprint density at radius 1 is 1.59 bits per heavy atom. The van der Waals surface area contributed by atoms with Crippen LogP contribution >= 0.6 is 0 Å². The van der Waals surface area contributed by atoms with E-state index in [4.69, 9.17) is 5.26 Å². The van der Waals surface area contributed by atoms with Crippen LogP contribution in [-0.4, -0.2) is 11.9 Å². The van der Waals surface area contributed by atoms with Gasteiger partial charge < -0.3 is 5.32 Å². The average molecular weight is 232 g/mol. The summed E-state index contributed by atoms with van der Waals surface area (Å²) < 4.78 is 12.9. The number of nitriles is 1. The van der Waals surface area contributed by atoms with E-state index in [9.17, 15) is 9.18 Å². The SMILES string of the molecule is Cc1cc(F)ccc1C(=O)NC(C#N)C1CC1. The number of rotatable bonds is 3. The fourth-order valence-corrected chi connectivity index (χ4v) is 1.79. The second kappa shape index (κ2) is 4.54. The molecule has 1 saturated carbocycles. The minimum absolute atomic E-state index is 0.282. The van der Waals surface area contributed by atoms with Gasteiger partial charge in [-0.1, -0.05) is 0 Å². The minimum atomic E-state index is -0.424. The Hall–Kier alpha value is -1.89. The van der Waals surface area contributed by atoms with Crippen LogP contribution in [0.2, 0.25) is 0 Å². The number of nitrogens with zero attached hydrogens (tertiary/aromatic N) is 1. The zero-order chi connectivity index (χ0) is 12.4. The predicted octanol–water partition coefficient (Wildman–Crippen LogP) is 2.17. The lowest BCUT2D eigenvalue weighted by molar-refractivity contribution is 0.0941. The lowest BCUT2D eigenvalue weighted by Gasteiger charge is -2.11. The first kappa shape index (κ1) is 11.6. The maximum Gasteiger partial charge on any atom is 0.252 e. The first-order valence-corrected chi connectivity index (χ1v) is 5.58. The summed E-state index contributed by atoms with van der Waals surface area (Å²) in [4.78, 5) is 11.9. The van der Waals surface area contributed by atoms with Gasteiger partial charge in [-0.25, -0.2) is 4.39 Å². The Bertz CT molecular complexity index is 489. The molecule has 1 aliphatic carbocycles. The monoisotopic (exact) mass is 232 g/mol. The summed E-state index contributed by atoms with van der Waals surface area (Å²) in [6, 6.07) is 5.67. The van der Waals surface area contributed by atoms with E-state index in [1.165, 1.54) is 18.2 Å². The van der Waals surface area contributed by atoms with Crippen molar-refractivity contribution in [2.45, 2.75) is 25.8 Å². The molecule has 0 spiro atoms. The van der Waals surface area contributed by atoms with E-state index in [2.05, 4.69) is 11.4 Å². The number of aryl methyl sites for hydroxylation is 1. The van der Waals surface area contributed by atoms with Gasteiger partial charge in [0.05, 0.1) is 6.07 Å². The van der Waals surface area contributed by atoms with Gasteiger partial charge in [-0.2, -0.15) is 5.26 Å². The van der Waals surface area contributed by atoms with Crippen molar-refractivity contribution in [3.63, 3.8) is 0 Å². The molecular formula is C13H13FN2O. The molecular weight excluding hydrogens is 219 g/mol. The highest BCUT2D eigenvalue weighted by molar-refractivity contribution is 5.96. The molecule has 3 nitrogen and oxygen atoms in total. The van der Waals surface area contributed by atoms with Crippen molar-refractivity contribution < 1.29 is 9.18 Å². The summed E-state index contributed by atoms with van der Waals surface area (Å²) in [6.07, 6.45) is 1.97. The van der Waals surface area contributed by atoms with E-state index in [1.54, 1.807) is 6.92 Å². The molecule has 0 aliphatic heterocycles. The van der Waals surface area contributed by atoms with Crippen molar-refractivity contribution in [2.24, 2.45) is 5.92 Å². The van der Waals surface area contributed by atoms with Crippen LogP contribution in [0, 0.1) is 30.0 Å². The molecule has 17 heavy (non-hydrogen) atoms. The zero-order valence-electron chi connectivity index (χ0n) is 9.53. The van der Waals surface area contributed by atoms with Crippen LogP contribution in [0.1, 0.15) is 28.8 Å². The zero-order valence-corrected chi connectivity index (χ0v) is 9.53. The van der Waals surface area contributed by atoms with Crippen LogP contribution in [0.4, 0.5) is 4.39 Å². The summed E-state index contributed by atoms with van der Waals surface area (Å²) in [5.41, 5.74) is 1.00. The molecule has 1 aliphatic rings. The smallest absolute Gasteiger partial charge is 0.252 e. The van der Waals surface area contributed by atoms with Crippen LogP contribution in [0.5, 0.6) is 0 Å². The summed E-state index contributed by atoms with van der Waals surface area (Å²) in [5, 5.41) is 11.6. The van der Waals surface area contributed by atoms with Gasteiger partial charge in [0.1, 0.15) is 11.9 Å². The van der Waals surface area contributed by atoms with Crippen molar-refractivity contribution in [2.75, 3.05) is 0 Å². The van der Waals surface area contributed by atoms with Gasteiger partial charge in [-0.05, 0) is 49.4 Å². The lowest BCUT2D eigenvalue weighted by atomic mass is 10.1. The fraction of sp³-hybridized carbons (Fsp3) is 0.385. The predicted molar refractivity (Wildman–Crippen MR) is 60.7 cm³/mol. The van der Waals surface area contributed by atoms with Gasteiger partial charge in [0.15, 0.2) is 0 Å². The van der Waals surface area contributed by atoms with E-state index in [0.29, 0.717) is 11.1 Å². The van der Waals surface area contributed by atoms with Crippen LogP contribution in [0.25, 0.3) is 0 Å². The molecule has 0 heterocycles. The number of carbonyl (C=O) groups excluding carboxylic acids is 1. The Labute approximate surface area is 99.2 Å². The first-order valence-electron chi connectivity index (χ1n) is 5.58. The first-order chi connectivity index (χ1) is 8.11. The molecule has 0 saturated heterocycles. The lowest BCUT2D eigenvalue weighted by Crippen LogP contribution is -2.35.